The first-order valence-corrected chi connectivity index (χ1v) is 4.31. The Morgan fingerprint density at radius 2 is 1.93 bits per heavy atom. The van der Waals surface area contributed by atoms with Gasteiger partial charge in [-0.15, -0.1) is 0 Å². The molecule has 84 valence electrons. The van der Waals surface area contributed by atoms with Crippen LogP contribution in [0, 0.1) is 20.2 Å². The van der Waals surface area contributed by atoms with Gasteiger partial charge in [0.15, 0.2) is 5.03 Å². The highest BCUT2D eigenvalue weighted by Crippen LogP contribution is 2.16. The molecular formula is C5H10N6O4. The predicted molar refractivity (Wildman–Crippen MR) is 45.9 cm³/mol. The van der Waals surface area contributed by atoms with Crippen LogP contribution in [0.15, 0.2) is 0 Å². The number of nitro groups is 2. The highest BCUT2D eigenvalue weighted by molar-refractivity contribution is 4.71. The lowest BCUT2D eigenvalue weighted by Crippen LogP contribution is -2.70. The number of nitrogens with one attached hydrogen (secondary N) is 1. The molecule has 0 spiro atoms. The van der Waals surface area contributed by atoms with Gasteiger partial charge in [-0.2, -0.15) is 4.90 Å². The third-order valence-corrected chi connectivity index (χ3v) is 2.37. The largest absolute Gasteiger partial charge is 0.400 e. The number of hydrazine groups is 1. The topological polar surface area (TPSA) is 108 Å². The summed E-state index contributed by atoms with van der Waals surface area (Å²) in [5.41, 5.74) is 0. The molecule has 2 fully saturated rings. The summed E-state index contributed by atoms with van der Waals surface area (Å²) >= 11 is 0. The number of hydrogen-bond acceptors (Lipinski definition) is 7. The number of nitrogens with zero attached hydrogens (tertiary/aromatic N) is 5. The Kier molecular flexibility index (Phi) is 2.38. The molecule has 0 aliphatic carbocycles. The van der Waals surface area contributed by atoms with Crippen LogP contribution in [0.5, 0.6) is 0 Å². The summed E-state index contributed by atoms with van der Waals surface area (Å²) in [6.45, 7) is 1.13. The van der Waals surface area contributed by atoms with Crippen molar-refractivity contribution in [1.29, 1.82) is 0 Å². The van der Waals surface area contributed by atoms with Crippen LogP contribution in [0.3, 0.4) is 0 Å². The van der Waals surface area contributed by atoms with E-state index in [0.717, 1.165) is 0 Å². The Hall–Kier alpha value is -1.52. The maximum atomic E-state index is 10.7. The summed E-state index contributed by atoms with van der Waals surface area (Å²) in [7, 11) is 0. The fraction of sp³-hybridized carbons (Fsp3) is 1.00. The normalized spacial score (nSPS) is 34.9. The maximum absolute atomic E-state index is 10.7. The van der Waals surface area contributed by atoms with Crippen molar-refractivity contribution in [2.75, 3.05) is 26.7 Å². The van der Waals surface area contributed by atoms with Gasteiger partial charge in [0.1, 0.15) is 6.67 Å². The Morgan fingerprint density at radius 1 is 1.20 bits per heavy atom. The van der Waals surface area contributed by atoms with Gasteiger partial charge in [-0.05, 0) is 5.01 Å². The molecule has 3 atom stereocenters. The Balaban J connectivity index is 2.21. The summed E-state index contributed by atoms with van der Waals surface area (Å²) < 4.78 is 0. The summed E-state index contributed by atoms with van der Waals surface area (Å²) in [6, 6.07) is 0. The first-order valence-electron chi connectivity index (χ1n) is 4.31. The zero-order valence-corrected chi connectivity index (χ0v) is 7.77. The van der Waals surface area contributed by atoms with Crippen molar-refractivity contribution >= 4 is 0 Å². The summed E-state index contributed by atoms with van der Waals surface area (Å²) in [4.78, 5) is 23.9. The van der Waals surface area contributed by atoms with Gasteiger partial charge in [-0.25, -0.2) is 10.1 Å². The first-order chi connectivity index (χ1) is 7.09. The summed E-state index contributed by atoms with van der Waals surface area (Å²) in [5, 5.41) is 24.2. The van der Waals surface area contributed by atoms with E-state index in [9.17, 15) is 20.2 Å². The van der Waals surface area contributed by atoms with Crippen LogP contribution in [0.2, 0.25) is 0 Å². The van der Waals surface area contributed by atoms with Crippen molar-refractivity contribution in [2.45, 2.75) is 6.29 Å². The first kappa shape index (κ1) is 10.0. The van der Waals surface area contributed by atoms with Crippen LogP contribution in [0.25, 0.3) is 0 Å². The van der Waals surface area contributed by atoms with Crippen LogP contribution in [0.1, 0.15) is 0 Å². The second-order valence-electron chi connectivity index (χ2n) is 3.42. The zero-order chi connectivity index (χ0) is 11.0. The third kappa shape index (κ3) is 1.69. The molecule has 15 heavy (non-hydrogen) atoms. The van der Waals surface area contributed by atoms with E-state index in [1.165, 1.54) is 4.90 Å². The maximum Gasteiger partial charge on any atom is 0.400 e. The van der Waals surface area contributed by atoms with E-state index in [1.807, 2.05) is 0 Å². The van der Waals surface area contributed by atoms with Crippen LogP contribution in [-0.4, -0.2) is 57.7 Å². The molecule has 2 aliphatic heterocycles. The summed E-state index contributed by atoms with van der Waals surface area (Å²) in [5.74, 6) is 0. The Morgan fingerprint density at radius 3 is 2.53 bits per heavy atom. The van der Waals surface area contributed by atoms with Crippen molar-refractivity contribution in [1.82, 2.24) is 20.1 Å². The number of hydrogen-bond donors (Lipinski definition) is 1. The fourth-order valence-electron chi connectivity index (χ4n) is 1.80. The van der Waals surface area contributed by atoms with Gasteiger partial charge in [0.25, 0.3) is 0 Å². The van der Waals surface area contributed by atoms with Crippen molar-refractivity contribution in [3.63, 3.8) is 0 Å². The lowest BCUT2D eigenvalue weighted by atomic mass is 10.4. The highest BCUT2D eigenvalue weighted by Gasteiger charge is 2.48. The molecule has 2 aliphatic rings. The molecule has 10 heteroatoms. The average Bonchev–Trinajstić information content (AvgIpc) is 2.16. The minimum absolute atomic E-state index is 0.0395. The van der Waals surface area contributed by atoms with E-state index >= 15 is 0 Å². The van der Waals surface area contributed by atoms with Gasteiger partial charge in [-0.3, -0.25) is 20.3 Å². The molecule has 0 aromatic rings. The van der Waals surface area contributed by atoms with E-state index in [0.29, 0.717) is 18.3 Å². The Labute approximate surface area is 84.3 Å². The third-order valence-electron chi connectivity index (χ3n) is 2.37. The van der Waals surface area contributed by atoms with Gasteiger partial charge in [0.05, 0.1) is 24.9 Å². The minimum atomic E-state index is -1.39. The molecular weight excluding hydrogens is 208 g/mol. The van der Waals surface area contributed by atoms with Crippen molar-refractivity contribution < 1.29 is 9.96 Å². The molecule has 0 aromatic heterocycles. The lowest BCUT2D eigenvalue weighted by molar-refractivity contribution is -0.756. The van der Waals surface area contributed by atoms with E-state index < -0.39 is 16.2 Å². The fourth-order valence-corrected chi connectivity index (χ4v) is 1.80. The molecule has 0 saturated carbocycles. The summed E-state index contributed by atoms with van der Waals surface area (Å²) in [6.07, 6.45) is -1.39. The number of fused-ring (bicyclic) bond motifs is 2. The van der Waals surface area contributed by atoms with Gasteiger partial charge < -0.3 is 0 Å². The average molecular weight is 218 g/mol. The van der Waals surface area contributed by atoms with E-state index in [2.05, 4.69) is 5.32 Å². The lowest BCUT2D eigenvalue weighted by Gasteiger charge is -2.42. The van der Waals surface area contributed by atoms with Crippen molar-refractivity contribution in [2.24, 2.45) is 0 Å². The molecule has 1 N–H and O–H groups in total. The van der Waals surface area contributed by atoms with Gasteiger partial charge >= 0.3 is 6.29 Å². The van der Waals surface area contributed by atoms with E-state index in [1.54, 1.807) is 4.90 Å². The second-order valence-corrected chi connectivity index (χ2v) is 3.42. The van der Waals surface area contributed by atoms with Crippen LogP contribution in [-0.2, 0) is 0 Å². The SMILES string of the molecule is O=[N+]([O-])C1N2CNCN(C2)CN1[N+](=O)[O-]. The second kappa shape index (κ2) is 3.56. The van der Waals surface area contributed by atoms with E-state index in [4.69, 9.17) is 0 Å². The van der Waals surface area contributed by atoms with Gasteiger partial charge in [0, 0.05) is 0 Å². The van der Waals surface area contributed by atoms with Gasteiger partial charge in [0.2, 0.25) is 0 Å². The molecule has 2 heterocycles. The Bertz CT molecular complexity index is 297. The molecule has 2 saturated heterocycles. The molecule has 0 aromatic carbocycles. The van der Waals surface area contributed by atoms with Crippen LogP contribution >= 0.6 is 0 Å². The molecule has 2 bridgehead atoms. The van der Waals surface area contributed by atoms with E-state index in [-0.39, 0.29) is 13.3 Å². The smallest absolute Gasteiger partial charge is 0.291 e. The molecule has 0 amide bonds. The van der Waals surface area contributed by atoms with Crippen LogP contribution in [0.4, 0.5) is 0 Å². The standard InChI is InChI=1S/C5H10N6O4/c12-10(13)5-8-2-6-1-7(3-8)4-9(5)11(14)15/h5-6H,1-4H2. The van der Waals surface area contributed by atoms with Crippen molar-refractivity contribution in [3.05, 3.63) is 20.2 Å². The van der Waals surface area contributed by atoms with Crippen LogP contribution < -0.4 is 5.32 Å². The molecule has 0 radical (unpaired) electrons. The monoisotopic (exact) mass is 218 g/mol. The molecule has 3 unspecified atom stereocenters. The van der Waals surface area contributed by atoms with Gasteiger partial charge in [-0.1, -0.05) is 0 Å². The molecule has 2 rings (SSSR count). The predicted octanol–water partition coefficient (Wildman–Crippen LogP) is -1.91. The highest BCUT2D eigenvalue weighted by atomic mass is 16.7. The quantitative estimate of drug-likeness (QED) is 0.422. The minimum Gasteiger partial charge on any atom is -0.291 e. The van der Waals surface area contributed by atoms with Crippen molar-refractivity contribution in [3.8, 4) is 0 Å². The zero-order valence-electron chi connectivity index (χ0n) is 7.77. The number of rotatable bonds is 2. The molecule has 10 nitrogen and oxygen atoms in total.